The molecular formula is C26H30S2. The molecule has 2 aromatic rings. The van der Waals surface area contributed by atoms with Crippen molar-refractivity contribution >= 4 is 23.5 Å². The summed E-state index contributed by atoms with van der Waals surface area (Å²) in [4.78, 5) is 2.67. The summed E-state index contributed by atoms with van der Waals surface area (Å²) < 4.78 is 0. The third kappa shape index (κ3) is 9.45. The van der Waals surface area contributed by atoms with Crippen molar-refractivity contribution in [3.8, 4) is 23.7 Å². The maximum atomic E-state index is 3.24. The summed E-state index contributed by atoms with van der Waals surface area (Å²) in [6, 6.07) is 17.2. The molecule has 0 aliphatic carbocycles. The van der Waals surface area contributed by atoms with Gasteiger partial charge in [-0.25, -0.2) is 0 Å². The molecule has 0 nitrogen and oxygen atoms in total. The van der Waals surface area contributed by atoms with Crippen LogP contribution < -0.4 is 0 Å². The van der Waals surface area contributed by atoms with Crippen LogP contribution in [0.3, 0.4) is 0 Å². The Hall–Kier alpha value is -1.74. The van der Waals surface area contributed by atoms with Crippen molar-refractivity contribution < 1.29 is 0 Å². The second kappa shape index (κ2) is 14.3. The van der Waals surface area contributed by atoms with Crippen molar-refractivity contribution in [3.63, 3.8) is 0 Å². The zero-order valence-corrected chi connectivity index (χ0v) is 18.7. The van der Waals surface area contributed by atoms with Crippen LogP contribution >= 0.6 is 23.5 Å². The van der Waals surface area contributed by atoms with E-state index in [2.05, 4.69) is 86.1 Å². The second-order valence-electron chi connectivity index (χ2n) is 6.56. The van der Waals surface area contributed by atoms with Crippen molar-refractivity contribution in [2.75, 3.05) is 11.5 Å². The molecule has 0 radical (unpaired) electrons. The summed E-state index contributed by atoms with van der Waals surface area (Å²) in [7, 11) is 0. The van der Waals surface area contributed by atoms with Gasteiger partial charge < -0.3 is 0 Å². The monoisotopic (exact) mass is 406 g/mol. The molecule has 0 saturated heterocycles. The van der Waals surface area contributed by atoms with E-state index in [1.807, 2.05) is 23.5 Å². The van der Waals surface area contributed by atoms with Crippen LogP contribution in [0, 0.1) is 23.7 Å². The van der Waals surface area contributed by atoms with E-state index in [0.717, 1.165) is 24.0 Å². The molecule has 0 aliphatic rings. The lowest BCUT2D eigenvalue weighted by Crippen LogP contribution is -1.80. The van der Waals surface area contributed by atoms with E-state index >= 15 is 0 Å². The molecule has 0 bridgehead atoms. The maximum Gasteiger partial charge on any atom is 0.0246 e. The van der Waals surface area contributed by atoms with E-state index in [1.165, 1.54) is 47.0 Å². The van der Waals surface area contributed by atoms with Crippen LogP contribution in [-0.4, -0.2) is 11.5 Å². The molecule has 0 unspecified atom stereocenters. The highest BCUT2D eigenvalue weighted by molar-refractivity contribution is 7.99. The van der Waals surface area contributed by atoms with Gasteiger partial charge in [-0.3, -0.25) is 0 Å². The largest absolute Gasteiger partial charge is 0.126 e. The molecule has 0 saturated carbocycles. The van der Waals surface area contributed by atoms with Gasteiger partial charge in [-0.05, 0) is 72.9 Å². The Morgan fingerprint density at radius 2 is 1.00 bits per heavy atom. The Morgan fingerprint density at radius 3 is 1.36 bits per heavy atom. The van der Waals surface area contributed by atoms with E-state index in [0.29, 0.717) is 0 Å². The molecule has 0 aromatic heterocycles. The molecule has 146 valence electrons. The minimum atomic E-state index is 0.810. The van der Waals surface area contributed by atoms with Crippen molar-refractivity contribution in [1.82, 2.24) is 0 Å². The first-order valence-electron chi connectivity index (χ1n) is 10.2. The fourth-order valence-corrected chi connectivity index (χ4v) is 4.39. The highest BCUT2D eigenvalue weighted by Crippen LogP contribution is 2.20. The van der Waals surface area contributed by atoms with Gasteiger partial charge in [0.25, 0.3) is 0 Å². The molecule has 2 heteroatoms. The van der Waals surface area contributed by atoms with Gasteiger partial charge in [0.05, 0.1) is 0 Å². The van der Waals surface area contributed by atoms with Gasteiger partial charge in [-0.15, -0.1) is 23.5 Å². The van der Waals surface area contributed by atoms with Gasteiger partial charge in [0.1, 0.15) is 0 Å². The Labute approximate surface area is 180 Å². The minimum absolute atomic E-state index is 0.810. The predicted molar refractivity (Wildman–Crippen MR) is 127 cm³/mol. The topological polar surface area (TPSA) is 0 Å². The van der Waals surface area contributed by atoms with Gasteiger partial charge in [-0.1, -0.05) is 50.4 Å². The Bertz CT molecular complexity index is 724. The molecule has 0 spiro atoms. The lowest BCUT2D eigenvalue weighted by molar-refractivity contribution is 0.896. The number of benzene rings is 2. The molecular weight excluding hydrogens is 376 g/mol. The van der Waals surface area contributed by atoms with Crippen LogP contribution in [0.5, 0.6) is 0 Å². The predicted octanol–water partition coefficient (Wildman–Crippen LogP) is 7.65. The highest BCUT2D eigenvalue weighted by atomic mass is 32.2. The lowest BCUT2D eigenvalue weighted by atomic mass is 10.2. The number of thioether (sulfide) groups is 2. The molecule has 28 heavy (non-hydrogen) atoms. The van der Waals surface area contributed by atoms with Crippen molar-refractivity contribution in [2.24, 2.45) is 0 Å². The molecule has 0 heterocycles. The van der Waals surface area contributed by atoms with Crippen LogP contribution in [0.1, 0.15) is 63.5 Å². The van der Waals surface area contributed by atoms with E-state index in [-0.39, 0.29) is 0 Å². The van der Waals surface area contributed by atoms with Crippen LogP contribution in [-0.2, 0) is 0 Å². The normalized spacial score (nSPS) is 9.93. The second-order valence-corrected chi connectivity index (χ2v) is 8.89. The van der Waals surface area contributed by atoms with Gasteiger partial charge in [0.2, 0.25) is 0 Å². The summed E-state index contributed by atoms with van der Waals surface area (Å²) in [5.74, 6) is 15.3. The summed E-state index contributed by atoms with van der Waals surface area (Å²) in [6.07, 6.45) is 6.67. The Kier molecular flexibility index (Phi) is 11.5. The number of unbranched alkanes of at least 4 members (excludes halogenated alkanes) is 3. The first-order valence-corrected chi connectivity index (χ1v) is 12.2. The highest BCUT2D eigenvalue weighted by Gasteiger charge is 1.94. The molecule has 0 aliphatic heterocycles. The number of rotatable bonds is 9. The van der Waals surface area contributed by atoms with Crippen LogP contribution in [0.25, 0.3) is 0 Å². The zero-order valence-electron chi connectivity index (χ0n) is 17.1. The van der Waals surface area contributed by atoms with Gasteiger partial charge in [0.15, 0.2) is 0 Å². The first-order chi connectivity index (χ1) is 13.8. The molecule has 0 amide bonds. The molecule has 2 rings (SSSR count). The molecule has 0 fully saturated rings. The van der Waals surface area contributed by atoms with Gasteiger partial charge >= 0.3 is 0 Å². The maximum absolute atomic E-state index is 3.24. The standard InChI is InChI=1S/C26H30S2/c1-3-5-21-27-25-17-13-23(14-18-25)11-9-7-8-10-12-24-15-19-26(20-16-24)28-22-6-4-2/h13-20H,3-8,21-22H2,1-2H3. The van der Waals surface area contributed by atoms with Crippen LogP contribution in [0.4, 0.5) is 0 Å². The lowest BCUT2D eigenvalue weighted by Gasteiger charge is -2.00. The minimum Gasteiger partial charge on any atom is -0.126 e. The Morgan fingerprint density at radius 1 is 0.607 bits per heavy atom. The van der Waals surface area contributed by atoms with Crippen molar-refractivity contribution in [2.45, 2.75) is 62.2 Å². The Balaban J connectivity index is 1.72. The average molecular weight is 407 g/mol. The first kappa shape index (κ1) is 22.5. The van der Waals surface area contributed by atoms with Crippen LogP contribution in [0.2, 0.25) is 0 Å². The van der Waals surface area contributed by atoms with Crippen molar-refractivity contribution in [3.05, 3.63) is 59.7 Å². The third-order valence-corrected chi connectivity index (χ3v) is 6.28. The summed E-state index contributed by atoms with van der Waals surface area (Å²) in [5, 5.41) is 0. The summed E-state index contributed by atoms with van der Waals surface area (Å²) in [6.45, 7) is 4.46. The number of hydrogen-bond acceptors (Lipinski definition) is 2. The van der Waals surface area contributed by atoms with E-state index in [4.69, 9.17) is 0 Å². The fourth-order valence-electron chi connectivity index (χ4n) is 2.39. The zero-order chi connectivity index (χ0) is 19.9. The summed E-state index contributed by atoms with van der Waals surface area (Å²) in [5.41, 5.74) is 2.17. The van der Waals surface area contributed by atoms with Gasteiger partial charge in [-0.2, -0.15) is 0 Å². The van der Waals surface area contributed by atoms with E-state index in [1.54, 1.807) is 0 Å². The SMILES string of the molecule is CCCCSc1ccc(C#CCCC#Cc2ccc(SCCCC)cc2)cc1. The number of hydrogen-bond donors (Lipinski definition) is 0. The molecule has 2 aromatic carbocycles. The third-order valence-electron chi connectivity index (χ3n) is 4.08. The average Bonchev–Trinajstić information content (AvgIpc) is 2.73. The molecule has 0 atom stereocenters. The fraction of sp³-hybridized carbons (Fsp3) is 0.385. The van der Waals surface area contributed by atoms with E-state index < -0.39 is 0 Å². The van der Waals surface area contributed by atoms with Gasteiger partial charge in [0, 0.05) is 33.8 Å². The summed E-state index contributed by atoms with van der Waals surface area (Å²) >= 11 is 3.85. The van der Waals surface area contributed by atoms with Crippen LogP contribution in [0.15, 0.2) is 58.3 Å². The smallest absolute Gasteiger partial charge is 0.0246 e. The van der Waals surface area contributed by atoms with Crippen molar-refractivity contribution in [1.29, 1.82) is 0 Å². The quantitative estimate of drug-likeness (QED) is 0.238. The van der Waals surface area contributed by atoms with E-state index in [9.17, 15) is 0 Å². The molecule has 0 N–H and O–H groups in total.